The Kier molecular flexibility index (Phi) is 3.61. The Morgan fingerprint density at radius 2 is 2.28 bits per heavy atom. The van der Waals surface area contributed by atoms with Gasteiger partial charge in [-0.1, -0.05) is 15.9 Å². The molecule has 0 saturated heterocycles. The SMILES string of the molecule is Cn1nccc1CNc1ccc(Br)cc1[N+](=O)[O-]. The van der Waals surface area contributed by atoms with Crippen molar-refractivity contribution in [2.75, 3.05) is 5.32 Å². The number of aromatic nitrogens is 2. The molecular formula is C11H11BrN4O2. The highest BCUT2D eigenvalue weighted by Crippen LogP contribution is 2.28. The molecule has 2 rings (SSSR count). The first-order chi connectivity index (χ1) is 8.58. The van der Waals surface area contributed by atoms with E-state index in [1.165, 1.54) is 6.07 Å². The number of nitro groups is 1. The molecule has 7 heteroatoms. The van der Waals surface area contributed by atoms with Crippen LogP contribution in [0.1, 0.15) is 5.69 Å². The molecule has 0 unspecified atom stereocenters. The van der Waals surface area contributed by atoms with Gasteiger partial charge in [0.2, 0.25) is 0 Å². The smallest absolute Gasteiger partial charge is 0.293 e. The van der Waals surface area contributed by atoms with Crippen molar-refractivity contribution >= 4 is 27.3 Å². The van der Waals surface area contributed by atoms with Crippen LogP contribution in [0.3, 0.4) is 0 Å². The molecule has 0 aliphatic rings. The normalized spacial score (nSPS) is 10.3. The highest BCUT2D eigenvalue weighted by Gasteiger charge is 2.14. The zero-order valence-electron chi connectivity index (χ0n) is 9.63. The highest BCUT2D eigenvalue weighted by atomic mass is 79.9. The van der Waals surface area contributed by atoms with E-state index >= 15 is 0 Å². The molecule has 1 heterocycles. The van der Waals surface area contributed by atoms with E-state index in [1.54, 1.807) is 23.0 Å². The second-order valence-corrected chi connectivity index (χ2v) is 4.63. The van der Waals surface area contributed by atoms with Crippen molar-refractivity contribution in [2.24, 2.45) is 7.05 Å². The summed E-state index contributed by atoms with van der Waals surface area (Å²) < 4.78 is 2.40. The molecule has 18 heavy (non-hydrogen) atoms. The molecule has 1 aromatic carbocycles. The molecule has 0 radical (unpaired) electrons. The monoisotopic (exact) mass is 310 g/mol. The zero-order chi connectivity index (χ0) is 13.1. The van der Waals surface area contributed by atoms with Crippen LogP contribution >= 0.6 is 15.9 Å². The minimum Gasteiger partial charge on any atom is -0.374 e. The Balaban J connectivity index is 2.19. The summed E-state index contributed by atoms with van der Waals surface area (Å²) in [5, 5.41) is 18.0. The van der Waals surface area contributed by atoms with Crippen LogP contribution < -0.4 is 5.32 Å². The Hall–Kier alpha value is -1.89. The molecule has 2 aromatic rings. The number of benzene rings is 1. The summed E-state index contributed by atoms with van der Waals surface area (Å²) in [7, 11) is 1.83. The number of rotatable bonds is 4. The predicted molar refractivity (Wildman–Crippen MR) is 71.3 cm³/mol. The van der Waals surface area contributed by atoms with Gasteiger partial charge in [0.05, 0.1) is 17.2 Å². The maximum absolute atomic E-state index is 10.9. The van der Waals surface area contributed by atoms with Crippen molar-refractivity contribution in [1.82, 2.24) is 9.78 Å². The molecule has 0 amide bonds. The molecule has 0 aliphatic carbocycles. The lowest BCUT2D eigenvalue weighted by Gasteiger charge is -2.07. The summed E-state index contributed by atoms with van der Waals surface area (Å²) in [4.78, 5) is 10.5. The Labute approximate surface area is 112 Å². The Morgan fingerprint density at radius 3 is 2.89 bits per heavy atom. The Morgan fingerprint density at radius 1 is 1.50 bits per heavy atom. The molecule has 0 saturated carbocycles. The van der Waals surface area contributed by atoms with Crippen molar-refractivity contribution in [1.29, 1.82) is 0 Å². The predicted octanol–water partition coefficient (Wildman–Crippen LogP) is 2.70. The number of hydrogen-bond acceptors (Lipinski definition) is 4. The summed E-state index contributed by atoms with van der Waals surface area (Å²) in [6, 6.07) is 6.78. The van der Waals surface area contributed by atoms with Gasteiger partial charge < -0.3 is 5.32 Å². The standard InChI is InChI=1S/C11H11BrN4O2/c1-15-9(4-5-14-15)7-13-10-3-2-8(12)6-11(10)16(17)18/h2-6,13H,7H2,1H3. The van der Waals surface area contributed by atoms with E-state index in [0.717, 1.165) is 5.69 Å². The van der Waals surface area contributed by atoms with Gasteiger partial charge >= 0.3 is 0 Å². The quantitative estimate of drug-likeness (QED) is 0.696. The van der Waals surface area contributed by atoms with Crippen LogP contribution in [0.4, 0.5) is 11.4 Å². The van der Waals surface area contributed by atoms with Crippen molar-refractivity contribution < 1.29 is 4.92 Å². The average Bonchev–Trinajstić information content (AvgIpc) is 2.73. The fraction of sp³-hybridized carbons (Fsp3) is 0.182. The number of halogens is 1. The summed E-state index contributed by atoms with van der Waals surface area (Å²) in [5.41, 5.74) is 1.49. The van der Waals surface area contributed by atoms with Gasteiger partial charge in [-0.25, -0.2) is 0 Å². The first kappa shape index (κ1) is 12.6. The topological polar surface area (TPSA) is 73.0 Å². The van der Waals surface area contributed by atoms with E-state index in [2.05, 4.69) is 26.3 Å². The minimum atomic E-state index is -0.406. The second-order valence-electron chi connectivity index (χ2n) is 3.72. The maximum atomic E-state index is 10.9. The van der Waals surface area contributed by atoms with Crippen LogP contribution in [-0.4, -0.2) is 14.7 Å². The van der Waals surface area contributed by atoms with E-state index in [4.69, 9.17) is 0 Å². The molecule has 94 valence electrons. The van der Waals surface area contributed by atoms with E-state index < -0.39 is 4.92 Å². The maximum Gasteiger partial charge on any atom is 0.293 e. The first-order valence-electron chi connectivity index (χ1n) is 5.22. The fourth-order valence-electron chi connectivity index (χ4n) is 1.57. The average molecular weight is 311 g/mol. The molecule has 1 aromatic heterocycles. The number of nitro benzene ring substituents is 1. The van der Waals surface area contributed by atoms with Gasteiger partial charge in [0.15, 0.2) is 0 Å². The number of nitrogens with one attached hydrogen (secondary N) is 1. The molecule has 0 aliphatic heterocycles. The number of anilines is 1. The number of hydrogen-bond donors (Lipinski definition) is 1. The summed E-state index contributed by atoms with van der Waals surface area (Å²) >= 11 is 3.22. The third-order valence-corrected chi connectivity index (χ3v) is 3.03. The van der Waals surface area contributed by atoms with Crippen LogP contribution in [-0.2, 0) is 13.6 Å². The van der Waals surface area contributed by atoms with Crippen LogP contribution in [0.25, 0.3) is 0 Å². The van der Waals surface area contributed by atoms with Crippen LogP contribution in [0.2, 0.25) is 0 Å². The zero-order valence-corrected chi connectivity index (χ0v) is 11.2. The summed E-state index contributed by atoms with van der Waals surface area (Å²) in [5.74, 6) is 0. The van der Waals surface area contributed by atoms with Crippen molar-refractivity contribution in [3.63, 3.8) is 0 Å². The molecule has 6 nitrogen and oxygen atoms in total. The Bertz CT molecular complexity index is 582. The van der Waals surface area contributed by atoms with Crippen LogP contribution in [0, 0.1) is 10.1 Å². The van der Waals surface area contributed by atoms with E-state index in [1.807, 2.05) is 13.1 Å². The van der Waals surface area contributed by atoms with E-state index in [-0.39, 0.29) is 5.69 Å². The van der Waals surface area contributed by atoms with Crippen LogP contribution in [0.5, 0.6) is 0 Å². The first-order valence-corrected chi connectivity index (χ1v) is 6.02. The molecule has 0 spiro atoms. The molecule has 0 bridgehead atoms. The van der Waals surface area contributed by atoms with E-state index in [0.29, 0.717) is 16.7 Å². The lowest BCUT2D eigenvalue weighted by atomic mass is 10.2. The van der Waals surface area contributed by atoms with E-state index in [9.17, 15) is 10.1 Å². The third-order valence-electron chi connectivity index (χ3n) is 2.54. The second kappa shape index (κ2) is 5.18. The van der Waals surface area contributed by atoms with Crippen molar-refractivity contribution in [3.8, 4) is 0 Å². The van der Waals surface area contributed by atoms with Crippen LogP contribution in [0.15, 0.2) is 34.9 Å². The molecular weight excluding hydrogens is 300 g/mol. The number of nitrogens with zero attached hydrogens (tertiary/aromatic N) is 3. The van der Waals surface area contributed by atoms with Gasteiger partial charge in [0.25, 0.3) is 5.69 Å². The van der Waals surface area contributed by atoms with Gasteiger partial charge in [-0.2, -0.15) is 5.10 Å². The van der Waals surface area contributed by atoms with Gasteiger partial charge in [-0.05, 0) is 18.2 Å². The fourth-order valence-corrected chi connectivity index (χ4v) is 1.91. The molecule has 0 fully saturated rings. The number of aryl methyl sites for hydroxylation is 1. The lowest BCUT2D eigenvalue weighted by molar-refractivity contribution is -0.384. The minimum absolute atomic E-state index is 0.0477. The highest BCUT2D eigenvalue weighted by molar-refractivity contribution is 9.10. The summed E-state index contributed by atoms with van der Waals surface area (Å²) in [6.45, 7) is 0.485. The lowest BCUT2D eigenvalue weighted by Crippen LogP contribution is -2.06. The van der Waals surface area contributed by atoms with Gasteiger partial charge in [-0.3, -0.25) is 14.8 Å². The third kappa shape index (κ3) is 2.67. The summed E-state index contributed by atoms with van der Waals surface area (Å²) in [6.07, 6.45) is 1.69. The van der Waals surface area contributed by atoms with Gasteiger partial charge in [-0.15, -0.1) is 0 Å². The van der Waals surface area contributed by atoms with Crippen molar-refractivity contribution in [3.05, 3.63) is 50.7 Å². The van der Waals surface area contributed by atoms with Gasteiger partial charge in [0, 0.05) is 23.8 Å². The molecule has 0 atom stereocenters. The molecule has 1 N–H and O–H groups in total. The largest absolute Gasteiger partial charge is 0.374 e. The van der Waals surface area contributed by atoms with Gasteiger partial charge in [0.1, 0.15) is 5.69 Å². The van der Waals surface area contributed by atoms with Crippen molar-refractivity contribution in [2.45, 2.75) is 6.54 Å².